The van der Waals surface area contributed by atoms with Crippen molar-refractivity contribution in [3.05, 3.63) is 32.6 Å². The van der Waals surface area contributed by atoms with E-state index in [4.69, 9.17) is 0 Å². The average molecular weight is 237 g/mol. The van der Waals surface area contributed by atoms with Crippen molar-refractivity contribution in [2.24, 2.45) is 20.0 Å². The molecule has 0 aliphatic heterocycles. The molecule has 0 bridgehead atoms. The van der Waals surface area contributed by atoms with Gasteiger partial charge in [0.15, 0.2) is 0 Å². The van der Waals surface area contributed by atoms with Crippen LogP contribution >= 0.6 is 0 Å². The third-order valence-corrected chi connectivity index (χ3v) is 3.47. The number of nitrogens with zero attached hydrogens (tertiary/aromatic N) is 2. The van der Waals surface area contributed by atoms with E-state index in [1.54, 1.807) is 13.2 Å². The van der Waals surface area contributed by atoms with Crippen LogP contribution in [0.1, 0.15) is 25.3 Å². The molecule has 0 amide bonds. The normalized spacial score (nSPS) is 23.5. The molecule has 1 aromatic heterocycles. The summed E-state index contributed by atoms with van der Waals surface area (Å²) in [5, 5.41) is 3.35. The van der Waals surface area contributed by atoms with Crippen LogP contribution in [0.2, 0.25) is 0 Å². The van der Waals surface area contributed by atoms with Crippen molar-refractivity contribution in [3.63, 3.8) is 0 Å². The number of rotatable bonds is 3. The van der Waals surface area contributed by atoms with Crippen LogP contribution in [0.5, 0.6) is 0 Å². The second-order valence-electron chi connectivity index (χ2n) is 5.07. The summed E-state index contributed by atoms with van der Waals surface area (Å²) in [4.78, 5) is 23.3. The summed E-state index contributed by atoms with van der Waals surface area (Å²) in [7, 11) is 3.18. The van der Waals surface area contributed by atoms with Gasteiger partial charge in [0.2, 0.25) is 0 Å². The summed E-state index contributed by atoms with van der Waals surface area (Å²) in [5.74, 6) is 0.787. The summed E-state index contributed by atoms with van der Waals surface area (Å²) >= 11 is 0. The van der Waals surface area contributed by atoms with E-state index < -0.39 is 0 Å². The molecule has 0 spiro atoms. The predicted octanol–water partition coefficient (Wildman–Crippen LogP) is -0.0279. The van der Waals surface area contributed by atoms with Gasteiger partial charge in [0.25, 0.3) is 5.56 Å². The molecule has 5 nitrogen and oxygen atoms in total. The van der Waals surface area contributed by atoms with Crippen LogP contribution in [0.25, 0.3) is 0 Å². The first kappa shape index (κ1) is 12.1. The molecule has 5 heteroatoms. The lowest BCUT2D eigenvalue weighted by Gasteiger charge is -2.33. The SMILES string of the molecule is CC1CC(NCc2cn(C)c(=O)n(C)c2=O)C1. The van der Waals surface area contributed by atoms with Crippen molar-refractivity contribution in [1.29, 1.82) is 0 Å². The molecule has 94 valence electrons. The maximum atomic E-state index is 11.8. The van der Waals surface area contributed by atoms with E-state index in [1.807, 2.05) is 0 Å². The fraction of sp³-hybridized carbons (Fsp3) is 0.667. The highest BCUT2D eigenvalue weighted by molar-refractivity contribution is 5.05. The minimum absolute atomic E-state index is 0.201. The Kier molecular flexibility index (Phi) is 3.19. The smallest absolute Gasteiger partial charge is 0.310 e. The number of hydrogen-bond acceptors (Lipinski definition) is 3. The monoisotopic (exact) mass is 237 g/mol. The van der Waals surface area contributed by atoms with Gasteiger partial charge in [-0.25, -0.2) is 4.79 Å². The Labute approximate surface area is 100 Å². The number of aryl methyl sites for hydroxylation is 1. The molecule has 1 fully saturated rings. The van der Waals surface area contributed by atoms with Crippen LogP contribution in [0, 0.1) is 5.92 Å². The summed E-state index contributed by atoms with van der Waals surface area (Å²) in [6, 6.07) is 0.520. The lowest BCUT2D eigenvalue weighted by molar-refractivity contribution is 0.240. The minimum Gasteiger partial charge on any atom is -0.310 e. The Morgan fingerprint density at radius 1 is 1.35 bits per heavy atom. The second-order valence-corrected chi connectivity index (χ2v) is 5.07. The van der Waals surface area contributed by atoms with Gasteiger partial charge in [0, 0.05) is 38.4 Å². The molecule has 1 aliphatic carbocycles. The van der Waals surface area contributed by atoms with Crippen LogP contribution in [-0.4, -0.2) is 15.2 Å². The van der Waals surface area contributed by atoms with Crippen LogP contribution in [-0.2, 0) is 20.6 Å². The van der Waals surface area contributed by atoms with E-state index in [1.165, 1.54) is 24.5 Å². The summed E-state index contributed by atoms with van der Waals surface area (Å²) in [6.07, 6.45) is 3.97. The van der Waals surface area contributed by atoms with Crippen LogP contribution in [0.4, 0.5) is 0 Å². The maximum Gasteiger partial charge on any atom is 0.330 e. The van der Waals surface area contributed by atoms with Gasteiger partial charge in [-0.1, -0.05) is 6.92 Å². The van der Waals surface area contributed by atoms with E-state index in [2.05, 4.69) is 12.2 Å². The molecule has 1 saturated carbocycles. The van der Waals surface area contributed by atoms with Crippen molar-refractivity contribution in [2.75, 3.05) is 0 Å². The van der Waals surface area contributed by atoms with Crippen LogP contribution in [0.15, 0.2) is 15.8 Å². The quantitative estimate of drug-likeness (QED) is 0.803. The van der Waals surface area contributed by atoms with E-state index in [-0.39, 0.29) is 11.2 Å². The zero-order valence-corrected chi connectivity index (χ0v) is 10.6. The van der Waals surface area contributed by atoms with Gasteiger partial charge in [-0.15, -0.1) is 0 Å². The Morgan fingerprint density at radius 3 is 2.59 bits per heavy atom. The topological polar surface area (TPSA) is 56.0 Å². The maximum absolute atomic E-state index is 11.8. The Hall–Kier alpha value is -1.36. The predicted molar refractivity (Wildman–Crippen MR) is 65.9 cm³/mol. The highest BCUT2D eigenvalue weighted by atomic mass is 16.2. The molecule has 1 aliphatic rings. The zero-order chi connectivity index (χ0) is 12.6. The number of aromatic nitrogens is 2. The molecule has 0 unspecified atom stereocenters. The average Bonchev–Trinajstić information content (AvgIpc) is 2.26. The standard InChI is InChI=1S/C12H19N3O2/c1-8-4-10(5-8)13-6-9-7-14(2)12(17)15(3)11(9)16/h7-8,10,13H,4-6H2,1-3H3. The van der Waals surface area contributed by atoms with Crippen LogP contribution < -0.4 is 16.6 Å². The second kappa shape index (κ2) is 4.49. The summed E-state index contributed by atoms with van der Waals surface area (Å²) in [5.41, 5.74) is 0.165. The first-order valence-electron chi connectivity index (χ1n) is 5.98. The first-order valence-corrected chi connectivity index (χ1v) is 5.98. The number of nitrogens with one attached hydrogen (secondary N) is 1. The van der Waals surface area contributed by atoms with E-state index in [0.29, 0.717) is 18.2 Å². The molecule has 0 aromatic carbocycles. The van der Waals surface area contributed by atoms with Crippen molar-refractivity contribution in [2.45, 2.75) is 32.4 Å². The fourth-order valence-electron chi connectivity index (χ4n) is 2.33. The van der Waals surface area contributed by atoms with Gasteiger partial charge in [-0.05, 0) is 18.8 Å². The molecule has 1 heterocycles. The van der Waals surface area contributed by atoms with Crippen LogP contribution in [0.3, 0.4) is 0 Å². The number of hydrogen-bond donors (Lipinski definition) is 1. The van der Waals surface area contributed by atoms with E-state index in [9.17, 15) is 9.59 Å². The largest absolute Gasteiger partial charge is 0.330 e. The van der Waals surface area contributed by atoms with Crippen molar-refractivity contribution in [3.8, 4) is 0 Å². The minimum atomic E-state index is -0.281. The Bertz CT molecular complexity index is 524. The molecule has 0 radical (unpaired) electrons. The first-order chi connectivity index (χ1) is 7.99. The summed E-state index contributed by atoms with van der Waals surface area (Å²) < 4.78 is 2.60. The zero-order valence-electron chi connectivity index (χ0n) is 10.6. The highest BCUT2D eigenvalue weighted by Gasteiger charge is 2.24. The highest BCUT2D eigenvalue weighted by Crippen LogP contribution is 2.26. The van der Waals surface area contributed by atoms with Crippen molar-refractivity contribution >= 4 is 0 Å². The molecule has 1 N–H and O–H groups in total. The molecule has 17 heavy (non-hydrogen) atoms. The fourth-order valence-corrected chi connectivity index (χ4v) is 2.33. The molecule has 0 saturated heterocycles. The van der Waals surface area contributed by atoms with Gasteiger partial charge >= 0.3 is 5.69 Å². The van der Waals surface area contributed by atoms with Gasteiger partial charge < -0.3 is 9.88 Å². The molecular weight excluding hydrogens is 218 g/mol. The molecule has 0 atom stereocenters. The molecule has 1 aromatic rings. The van der Waals surface area contributed by atoms with Crippen molar-refractivity contribution < 1.29 is 0 Å². The van der Waals surface area contributed by atoms with Gasteiger partial charge in [0.1, 0.15) is 0 Å². The van der Waals surface area contributed by atoms with Gasteiger partial charge in [-0.3, -0.25) is 9.36 Å². The third-order valence-electron chi connectivity index (χ3n) is 3.47. The molecular formula is C12H19N3O2. The van der Waals surface area contributed by atoms with Gasteiger partial charge in [0.05, 0.1) is 0 Å². The lowest BCUT2D eigenvalue weighted by Crippen LogP contribution is -2.43. The lowest BCUT2D eigenvalue weighted by atomic mass is 9.82. The third kappa shape index (κ3) is 2.34. The van der Waals surface area contributed by atoms with Crippen molar-refractivity contribution in [1.82, 2.24) is 14.5 Å². The molecule has 2 rings (SSSR count). The Morgan fingerprint density at radius 2 is 2.00 bits per heavy atom. The van der Waals surface area contributed by atoms with E-state index in [0.717, 1.165) is 10.5 Å². The van der Waals surface area contributed by atoms with E-state index >= 15 is 0 Å². The summed E-state index contributed by atoms with van der Waals surface area (Å²) in [6.45, 7) is 2.77. The Balaban J connectivity index is 2.11. The van der Waals surface area contributed by atoms with Gasteiger partial charge in [-0.2, -0.15) is 0 Å².